The first kappa shape index (κ1) is 16.8. The normalized spacial score (nSPS) is 14.3. The van der Waals surface area contributed by atoms with E-state index in [0.717, 1.165) is 0 Å². The van der Waals surface area contributed by atoms with Crippen LogP contribution in [0.1, 0.15) is 20.7 Å². The third-order valence-corrected chi connectivity index (χ3v) is 4.32. The van der Waals surface area contributed by atoms with Gasteiger partial charge in [-0.15, -0.1) is 0 Å². The monoisotopic (exact) mass is 339 g/mol. The standard InChI is InChI=1S/C19H21N3O3/c1-25-17-7-5-14(6-8-17)18(23)21-9-11-22(12-10-21)19(24)15-3-2-4-16(20)13-15/h2-8,13H,9-12,20H2,1H3. The lowest BCUT2D eigenvalue weighted by atomic mass is 10.1. The van der Waals surface area contributed by atoms with Crippen LogP contribution in [0.15, 0.2) is 48.5 Å². The first-order valence-electron chi connectivity index (χ1n) is 8.16. The molecule has 0 aromatic heterocycles. The van der Waals surface area contributed by atoms with Crippen molar-refractivity contribution in [3.05, 3.63) is 59.7 Å². The van der Waals surface area contributed by atoms with Crippen LogP contribution in [0, 0.1) is 0 Å². The van der Waals surface area contributed by atoms with Crippen molar-refractivity contribution >= 4 is 17.5 Å². The summed E-state index contributed by atoms with van der Waals surface area (Å²) in [6, 6.07) is 14.0. The molecule has 0 aliphatic carbocycles. The number of nitrogens with zero attached hydrogens (tertiary/aromatic N) is 2. The van der Waals surface area contributed by atoms with Crippen molar-refractivity contribution < 1.29 is 14.3 Å². The molecule has 2 aromatic carbocycles. The number of methoxy groups -OCH3 is 1. The minimum atomic E-state index is -0.0520. The highest BCUT2D eigenvalue weighted by atomic mass is 16.5. The van der Waals surface area contributed by atoms with E-state index in [-0.39, 0.29) is 11.8 Å². The van der Waals surface area contributed by atoms with Crippen molar-refractivity contribution in [2.75, 3.05) is 39.0 Å². The molecule has 2 N–H and O–H groups in total. The van der Waals surface area contributed by atoms with Crippen LogP contribution in [0.2, 0.25) is 0 Å². The van der Waals surface area contributed by atoms with Gasteiger partial charge in [0.1, 0.15) is 5.75 Å². The van der Waals surface area contributed by atoms with Gasteiger partial charge in [0.05, 0.1) is 7.11 Å². The van der Waals surface area contributed by atoms with Gasteiger partial charge < -0.3 is 20.3 Å². The fraction of sp³-hybridized carbons (Fsp3) is 0.263. The Morgan fingerprint density at radius 2 is 1.44 bits per heavy atom. The summed E-state index contributed by atoms with van der Waals surface area (Å²) >= 11 is 0. The van der Waals surface area contributed by atoms with Crippen molar-refractivity contribution in [2.45, 2.75) is 0 Å². The molecule has 0 atom stereocenters. The summed E-state index contributed by atoms with van der Waals surface area (Å²) in [7, 11) is 1.59. The van der Waals surface area contributed by atoms with Crippen LogP contribution >= 0.6 is 0 Å². The van der Waals surface area contributed by atoms with Crippen LogP contribution in [0.5, 0.6) is 5.75 Å². The van der Waals surface area contributed by atoms with Crippen molar-refractivity contribution in [2.24, 2.45) is 0 Å². The van der Waals surface area contributed by atoms with E-state index in [0.29, 0.717) is 48.7 Å². The van der Waals surface area contributed by atoms with E-state index in [1.165, 1.54) is 0 Å². The van der Waals surface area contributed by atoms with E-state index in [1.807, 2.05) is 0 Å². The molecule has 0 spiro atoms. The largest absolute Gasteiger partial charge is 0.497 e. The molecule has 1 aliphatic heterocycles. The Kier molecular flexibility index (Phi) is 4.88. The molecule has 0 unspecified atom stereocenters. The Bertz CT molecular complexity index is 766. The van der Waals surface area contributed by atoms with Gasteiger partial charge in [-0.05, 0) is 42.5 Å². The highest BCUT2D eigenvalue weighted by molar-refractivity contribution is 5.96. The number of nitrogen functional groups attached to an aromatic ring is 1. The summed E-state index contributed by atoms with van der Waals surface area (Å²) in [4.78, 5) is 28.6. The second-order valence-electron chi connectivity index (χ2n) is 5.94. The molecule has 6 nitrogen and oxygen atoms in total. The van der Waals surface area contributed by atoms with Crippen LogP contribution in [0.3, 0.4) is 0 Å². The van der Waals surface area contributed by atoms with E-state index >= 15 is 0 Å². The van der Waals surface area contributed by atoms with Gasteiger partial charge in [0.25, 0.3) is 11.8 Å². The Hall–Kier alpha value is -3.02. The van der Waals surface area contributed by atoms with Crippen LogP contribution in [0.25, 0.3) is 0 Å². The molecule has 1 saturated heterocycles. The van der Waals surface area contributed by atoms with E-state index in [1.54, 1.807) is 65.4 Å². The lowest BCUT2D eigenvalue weighted by molar-refractivity contribution is 0.0535. The Labute approximate surface area is 146 Å². The van der Waals surface area contributed by atoms with Gasteiger partial charge in [-0.1, -0.05) is 6.07 Å². The third kappa shape index (κ3) is 3.74. The van der Waals surface area contributed by atoms with Gasteiger partial charge in [0.15, 0.2) is 0 Å². The van der Waals surface area contributed by atoms with Crippen LogP contribution in [-0.2, 0) is 0 Å². The highest BCUT2D eigenvalue weighted by Gasteiger charge is 2.25. The lowest BCUT2D eigenvalue weighted by Gasteiger charge is -2.35. The molecule has 130 valence electrons. The van der Waals surface area contributed by atoms with Gasteiger partial charge >= 0.3 is 0 Å². The van der Waals surface area contributed by atoms with Crippen LogP contribution < -0.4 is 10.5 Å². The number of hydrogen-bond acceptors (Lipinski definition) is 4. The van der Waals surface area contributed by atoms with Crippen molar-refractivity contribution in [1.29, 1.82) is 0 Å². The summed E-state index contributed by atoms with van der Waals surface area (Å²) in [5, 5.41) is 0. The lowest BCUT2D eigenvalue weighted by Crippen LogP contribution is -2.50. The molecule has 1 fully saturated rings. The Balaban J connectivity index is 1.61. The molecule has 2 amide bonds. The van der Waals surface area contributed by atoms with Gasteiger partial charge in [0, 0.05) is 43.0 Å². The fourth-order valence-electron chi connectivity index (χ4n) is 2.88. The zero-order chi connectivity index (χ0) is 17.8. The first-order valence-corrected chi connectivity index (χ1v) is 8.16. The predicted molar refractivity (Wildman–Crippen MR) is 95.7 cm³/mol. The molecular formula is C19H21N3O3. The zero-order valence-electron chi connectivity index (χ0n) is 14.1. The molecule has 3 rings (SSSR count). The molecular weight excluding hydrogens is 318 g/mol. The number of rotatable bonds is 3. The summed E-state index contributed by atoms with van der Waals surface area (Å²) in [6.45, 7) is 2.04. The smallest absolute Gasteiger partial charge is 0.254 e. The number of nitrogens with two attached hydrogens (primary N) is 1. The van der Waals surface area contributed by atoms with Gasteiger partial charge in [-0.25, -0.2) is 0 Å². The summed E-state index contributed by atoms with van der Waals surface area (Å²) in [5.74, 6) is 0.636. The highest BCUT2D eigenvalue weighted by Crippen LogP contribution is 2.16. The maximum Gasteiger partial charge on any atom is 0.254 e. The number of anilines is 1. The summed E-state index contributed by atoms with van der Waals surface area (Å²) in [6.07, 6.45) is 0. The minimum absolute atomic E-state index is 0.0290. The fourth-order valence-corrected chi connectivity index (χ4v) is 2.88. The maximum atomic E-state index is 12.6. The molecule has 2 aromatic rings. The SMILES string of the molecule is COc1ccc(C(=O)N2CCN(C(=O)c3cccc(N)c3)CC2)cc1. The summed E-state index contributed by atoms with van der Waals surface area (Å²) in [5.41, 5.74) is 7.51. The van der Waals surface area contributed by atoms with E-state index in [2.05, 4.69) is 0 Å². The number of carbonyl (C=O) groups is 2. The number of hydrogen-bond donors (Lipinski definition) is 1. The van der Waals surface area contributed by atoms with Gasteiger partial charge in [0.2, 0.25) is 0 Å². The second-order valence-corrected chi connectivity index (χ2v) is 5.94. The number of benzene rings is 2. The topological polar surface area (TPSA) is 75.9 Å². The molecule has 25 heavy (non-hydrogen) atoms. The average Bonchev–Trinajstić information content (AvgIpc) is 2.67. The molecule has 1 heterocycles. The minimum Gasteiger partial charge on any atom is -0.497 e. The van der Waals surface area contributed by atoms with E-state index < -0.39 is 0 Å². The molecule has 0 bridgehead atoms. The van der Waals surface area contributed by atoms with E-state index in [9.17, 15) is 9.59 Å². The first-order chi connectivity index (χ1) is 12.1. The summed E-state index contributed by atoms with van der Waals surface area (Å²) < 4.78 is 5.11. The van der Waals surface area contributed by atoms with Crippen molar-refractivity contribution in [1.82, 2.24) is 9.80 Å². The Morgan fingerprint density at radius 3 is 1.96 bits per heavy atom. The average molecular weight is 339 g/mol. The van der Waals surface area contributed by atoms with E-state index in [4.69, 9.17) is 10.5 Å². The second kappa shape index (κ2) is 7.25. The number of amides is 2. The number of piperazine rings is 1. The maximum absolute atomic E-state index is 12.6. The number of carbonyl (C=O) groups excluding carboxylic acids is 2. The van der Waals surface area contributed by atoms with Crippen LogP contribution in [-0.4, -0.2) is 54.9 Å². The molecule has 0 radical (unpaired) electrons. The molecule has 6 heteroatoms. The van der Waals surface area contributed by atoms with Gasteiger partial charge in [-0.3, -0.25) is 9.59 Å². The van der Waals surface area contributed by atoms with Crippen molar-refractivity contribution in [3.63, 3.8) is 0 Å². The molecule has 0 saturated carbocycles. The van der Waals surface area contributed by atoms with Crippen LogP contribution in [0.4, 0.5) is 5.69 Å². The predicted octanol–water partition coefficient (Wildman–Crippen LogP) is 1.88. The zero-order valence-corrected chi connectivity index (χ0v) is 14.1. The quantitative estimate of drug-likeness (QED) is 0.866. The third-order valence-electron chi connectivity index (χ3n) is 4.32. The molecule has 1 aliphatic rings. The number of ether oxygens (including phenoxy) is 1. The Morgan fingerprint density at radius 1 is 0.880 bits per heavy atom. The van der Waals surface area contributed by atoms with Crippen molar-refractivity contribution in [3.8, 4) is 5.75 Å². The van der Waals surface area contributed by atoms with Gasteiger partial charge in [-0.2, -0.15) is 0 Å².